The fourth-order valence-corrected chi connectivity index (χ4v) is 2.51. The smallest absolute Gasteiger partial charge is 0.417 e. The van der Waals surface area contributed by atoms with Gasteiger partial charge in [-0.3, -0.25) is 4.98 Å². The number of thiophene rings is 1. The molecule has 4 nitrogen and oxygen atoms in total. The number of alkyl halides is 3. The number of carbonyl (C=O) groups excluding carboxylic acids is 1. The van der Waals surface area contributed by atoms with Gasteiger partial charge in [0.1, 0.15) is 10.4 Å². The molecule has 0 aliphatic heterocycles. The normalized spacial score (nSPS) is 11.8. The molecule has 0 atom stereocenters. The number of ether oxygens (including phenoxy) is 1. The van der Waals surface area contributed by atoms with Gasteiger partial charge in [-0.1, -0.05) is 0 Å². The second-order valence-corrected chi connectivity index (χ2v) is 4.69. The van der Waals surface area contributed by atoms with E-state index in [1.165, 1.54) is 0 Å². The molecule has 19 heavy (non-hydrogen) atoms. The van der Waals surface area contributed by atoms with Crippen LogP contribution in [0.2, 0.25) is 0 Å². The lowest BCUT2D eigenvalue weighted by Gasteiger charge is -2.04. The lowest BCUT2D eigenvalue weighted by Crippen LogP contribution is -2.05. The third kappa shape index (κ3) is 2.48. The fourth-order valence-electron chi connectivity index (χ4n) is 1.50. The molecule has 2 heterocycles. The molecule has 0 radical (unpaired) electrons. The molecule has 8 heteroatoms. The van der Waals surface area contributed by atoms with E-state index in [4.69, 9.17) is 10.5 Å². The Morgan fingerprint density at radius 2 is 2.21 bits per heavy atom. The van der Waals surface area contributed by atoms with Crippen molar-refractivity contribution in [2.75, 3.05) is 12.3 Å². The first kappa shape index (κ1) is 13.6. The summed E-state index contributed by atoms with van der Waals surface area (Å²) < 4.78 is 42.6. The molecule has 2 rings (SSSR count). The summed E-state index contributed by atoms with van der Waals surface area (Å²) in [6.45, 7) is 1.79. The average Bonchev–Trinajstić information content (AvgIpc) is 2.66. The zero-order valence-electron chi connectivity index (χ0n) is 9.75. The zero-order chi connectivity index (χ0) is 14.2. The number of aromatic nitrogens is 1. The van der Waals surface area contributed by atoms with Crippen LogP contribution in [0, 0.1) is 0 Å². The molecule has 0 amide bonds. The second-order valence-electron chi connectivity index (χ2n) is 3.63. The highest BCUT2D eigenvalue weighted by atomic mass is 32.1. The highest BCUT2D eigenvalue weighted by Crippen LogP contribution is 2.36. The number of esters is 1. The first-order chi connectivity index (χ1) is 8.84. The number of carbonyl (C=O) groups is 1. The predicted octanol–water partition coefficient (Wildman–Crippen LogP) is 3.07. The summed E-state index contributed by atoms with van der Waals surface area (Å²) in [4.78, 5) is 15.3. The minimum absolute atomic E-state index is 0.0483. The van der Waals surface area contributed by atoms with Crippen molar-refractivity contribution in [1.29, 1.82) is 0 Å². The van der Waals surface area contributed by atoms with Crippen molar-refractivity contribution in [3.8, 4) is 0 Å². The summed E-state index contributed by atoms with van der Waals surface area (Å²) in [6, 6.07) is 0.923. The highest BCUT2D eigenvalue weighted by Gasteiger charge is 2.32. The summed E-state index contributed by atoms with van der Waals surface area (Å²) in [5.74, 6) is -0.656. The van der Waals surface area contributed by atoms with E-state index in [0.717, 1.165) is 17.4 Å². The van der Waals surface area contributed by atoms with Gasteiger partial charge < -0.3 is 10.5 Å². The Morgan fingerprint density at radius 1 is 1.53 bits per heavy atom. The van der Waals surface area contributed by atoms with Crippen LogP contribution in [-0.2, 0) is 10.9 Å². The minimum Gasteiger partial charge on any atom is -0.462 e. The van der Waals surface area contributed by atoms with Gasteiger partial charge in [0.25, 0.3) is 0 Å². The van der Waals surface area contributed by atoms with Gasteiger partial charge in [-0.25, -0.2) is 4.79 Å². The van der Waals surface area contributed by atoms with Crippen LogP contribution in [0.25, 0.3) is 10.2 Å². The number of anilines is 1. The van der Waals surface area contributed by atoms with Crippen LogP contribution in [-0.4, -0.2) is 17.6 Å². The van der Waals surface area contributed by atoms with E-state index in [1.54, 1.807) is 6.92 Å². The average molecular weight is 290 g/mol. The first-order valence-corrected chi connectivity index (χ1v) is 6.08. The Hall–Kier alpha value is -1.83. The van der Waals surface area contributed by atoms with Crippen molar-refractivity contribution in [3.63, 3.8) is 0 Å². The zero-order valence-corrected chi connectivity index (χ0v) is 10.6. The van der Waals surface area contributed by atoms with Crippen molar-refractivity contribution >= 4 is 33.2 Å². The standard InChI is InChI=1S/C11H9F3N2O2S/c1-2-18-10(17)9-7(15)8-6(19-9)3-5(4-16-8)11(12,13)14/h3-4H,2,15H2,1H3. The molecule has 0 aliphatic carbocycles. The van der Waals surface area contributed by atoms with Crippen LogP contribution >= 0.6 is 11.3 Å². The van der Waals surface area contributed by atoms with E-state index < -0.39 is 17.7 Å². The third-order valence-corrected chi connectivity index (χ3v) is 3.47. The molecule has 2 aromatic rings. The van der Waals surface area contributed by atoms with Crippen LogP contribution < -0.4 is 5.73 Å². The number of fused-ring (bicyclic) bond motifs is 1. The number of hydrogen-bond donors (Lipinski definition) is 1. The van der Waals surface area contributed by atoms with Crippen molar-refractivity contribution < 1.29 is 22.7 Å². The van der Waals surface area contributed by atoms with Crippen molar-refractivity contribution in [2.45, 2.75) is 13.1 Å². The monoisotopic (exact) mass is 290 g/mol. The Labute approximate surface area is 110 Å². The highest BCUT2D eigenvalue weighted by molar-refractivity contribution is 7.21. The molecule has 0 aromatic carbocycles. The van der Waals surface area contributed by atoms with Crippen LogP contribution in [0.4, 0.5) is 18.9 Å². The summed E-state index contributed by atoms with van der Waals surface area (Å²) in [7, 11) is 0. The third-order valence-electron chi connectivity index (χ3n) is 2.35. The molecule has 0 saturated heterocycles. The van der Waals surface area contributed by atoms with Gasteiger partial charge >= 0.3 is 12.1 Å². The molecule has 2 aromatic heterocycles. The van der Waals surface area contributed by atoms with Gasteiger partial charge in [0.2, 0.25) is 0 Å². The van der Waals surface area contributed by atoms with Gasteiger partial charge in [0, 0.05) is 6.20 Å². The molecular weight excluding hydrogens is 281 g/mol. The van der Waals surface area contributed by atoms with E-state index in [9.17, 15) is 18.0 Å². The first-order valence-electron chi connectivity index (χ1n) is 5.27. The van der Waals surface area contributed by atoms with E-state index in [-0.39, 0.29) is 27.4 Å². The number of nitrogens with two attached hydrogens (primary N) is 1. The number of nitrogen functional groups attached to an aromatic ring is 1. The van der Waals surface area contributed by atoms with Crippen LogP contribution in [0.1, 0.15) is 22.2 Å². The van der Waals surface area contributed by atoms with Crippen LogP contribution in [0.3, 0.4) is 0 Å². The lowest BCUT2D eigenvalue weighted by atomic mass is 10.2. The second kappa shape index (κ2) is 4.69. The van der Waals surface area contributed by atoms with Crippen LogP contribution in [0.15, 0.2) is 12.3 Å². The van der Waals surface area contributed by atoms with Gasteiger partial charge in [0.15, 0.2) is 0 Å². The molecule has 2 N–H and O–H groups in total. The SMILES string of the molecule is CCOC(=O)c1sc2cc(C(F)(F)F)cnc2c1N. The van der Waals surface area contributed by atoms with Gasteiger partial charge in [-0.2, -0.15) is 13.2 Å². The van der Waals surface area contributed by atoms with Crippen molar-refractivity contribution in [2.24, 2.45) is 0 Å². The summed E-state index contributed by atoms with van der Waals surface area (Å²) in [5.41, 5.74) is 5.05. The number of halogens is 3. The van der Waals surface area contributed by atoms with Crippen LogP contribution in [0.5, 0.6) is 0 Å². The number of nitrogens with zero attached hydrogens (tertiary/aromatic N) is 1. The van der Waals surface area contributed by atoms with Gasteiger partial charge in [-0.15, -0.1) is 11.3 Å². The molecule has 102 valence electrons. The predicted molar refractivity (Wildman–Crippen MR) is 65.0 cm³/mol. The molecule has 0 spiro atoms. The van der Waals surface area contributed by atoms with Crippen molar-refractivity contribution in [3.05, 3.63) is 22.7 Å². The van der Waals surface area contributed by atoms with Gasteiger partial charge in [-0.05, 0) is 13.0 Å². The maximum Gasteiger partial charge on any atom is 0.417 e. The summed E-state index contributed by atoms with van der Waals surface area (Å²) in [5, 5.41) is 0. The Bertz CT molecular complexity index is 637. The maximum absolute atomic E-state index is 12.5. The molecular formula is C11H9F3N2O2S. The summed E-state index contributed by atoms with van der Waals surface area (Å²) >= 11 is 0.840. The maximum atomic E-state index is 12.5. The molecule has 0 unspecified atom stereocenters. The minimum atomic E-state index is -4.48. The quantitative estimate of drug-likeness (QED) is 0.863. The fraction of sp³-hybridized carbons (Fsp3) is 0.273. The van der Waals surface area contributed by atoms with Crippen molar-refractivity contribution in [1.82, 2.24) is 4.98 Å². The molecule has 0 saturated carbocycles. The Morgan fingerprint density at radius 3 is 2.79 bits per heavy atom. The number of pyridine rings is 1. The van der Waals surface area contributed by atoms with E-state index in [2.05, 4.69) is 4.98 Å². The largest absolute Gasteiger partial charge is 0.462 e. The van der Waals surface area contributed by atoms with E-state index in [0.29, 0.717) is 6.20 Å². The van der Waals surface area contributed by atoms with Gasteiger partial charge in [0.05, 0.1) is 22.6 Å². The lowest BCUT2D eigenvalue weighted by molar-refractivity contribution is -0.137. The molecule has 0 bridgehead atoms. The number of hydrogen-bond acceptors (Lipinski definition) is 5. The Kier molecular flexibility index (Phi) is 3.36. The van der Waals surface area contributed by atoms with E-state index in [1.807, 2.05) is 0 Å². The van der Waals surface area contributed by atoms with E-state index >= 15 is 0 Å². The Balaban J connectivity index is 2.54. The number of rotatable bonds is 2. The summed E-state index contributed by atoms with van der Waals surface area (Å²) in [6.07, 6.45) is -3.79. The topological polar surface area (TPSA) is 65.2 Å². The molecule has 0 aliphatic rings. The molecule has 0 fully saturated rings.